The standard InChI is InChI=1S/C14H19N5O2.C2HF3O2/c1-4-12-16-13(18-19(12)2)17-14(20)15-9-10-5-7-11(21-3)8-6-10;3-2(4,5)1(6)7/h5-8H,4,9H2,1-3H3,(H2,15,17,18,20);(H,6,7). The molecule has 0 saturated carbocycles. The number of carbonyl (C=O) groups is 2. The van der Waals surface area contributed by atoms with Crippen LogP contribution in [0.3, 0.4) is 0 Å². The molecule has 9 nitrogen and oxygen atoms in total. The maximum absolute atomic E-state index is 11.8. The molecular weight excluding hydrogens is 383 g/mol. The fraction of sp³-hybridized carbons (Fsp3) is 0.375. The summed E-state index contributed by atoms with van der Waals surface area (Å²) in [6.45, 7) is 2.40. The Bertz CT molecular complexity index is 791. The number of aliphatic carboxylic acids is 1. The summed E-state index contributed by atoms with van der Waals surface area (Å²) in [5, 5.41) is 16.6. The third-order valence-corrected chi connectivity index (χ3v) is 3.25. The van der Waals surface area contributed by atoms with Gasteiger partial charge in [0.15, 0.2) is 0 Å². The molecule has 0 fully saturated rings. The van der Waals surface area contributed by atoms with Gasteiger partial charge in [0.2, 0.25) is 5.95 Å². The average molecular weight is 403 g/mol. The van der Waals surface area contributed by atoms with Crippen molar-refractivity contribution in [3.63, 3.8) is 0 Å². The molecule has 12 heteroatoms. The maximum Gasteiger partial charge on any atom is 0.490 e. The molecule has 0 atom stereocenters. The Labute approximate surface area is 158 Å². The van der Waals surface area contributed by atoms with Crippen LogP contribution in [0.4, 0.5) is 23.9 Å². The predicted molar refractivity (Wildman–Crippen MR) is 92.9 cm³/mol. The zero-order valence-corrected chi connectivity index (χ0v) is 15.4. The van der Waals surface area contributed by atoms with Crippen LogP contribution in [-0.4, -0.2) is 45.2 Å². The Morgan fingerprint density at radius 1 is 1.25 bits per heavy atom. The van der Waals surface area contributed by atoms with E-state index in [1.165, 1.54) is 0 Å². The summed E-state index contributed by atoms with van der Waals surface area (Å²) in [6, 6.07) is 7.16. The van der Waals surface area contributed by atoms with Crippen molar-refractivity contribution in [2.45, 2.75) is 26.1 Å². The highest BCUT2D eigenvalue weighted by Crippen LogP contribution is 2.13. The van der Waals surface area contributed by atoms with Gasteiger partial charge in [0, 0.05) is 20.0 Å². The first kappa shape index (κ1) is 22.7. The molecule has 2 aromatic rings. The van der Waals surface area contributed by atoms with Gasteiger partial charge >= 0.3 is 18.2 Å². The van der Waals surface area contributed by atoms with Gasteiger partial charge in [-0.3, -0.25) is 10.00 Å². The van der Waals surface area contributed by atoms with Crippen molar-refractivity contribution in [2.75, 3.05) is 12.4 Å². The van der Waals surface area contributed by atoms with Gasteiger partial charge in [-0.2, -0.15) is 18.2 Å². The van der Waals surface area contributed by atoms with Gasteiger partial charge in [-0.25, -0.2) is 9.59 Å². The Morgan fingerprint density at radius 2 is 1.82 bits per heavy atom. The smallest absolute Gasteiger partial charge is 0.490 e. The van der Waals surface area contributed by atoms with E-state index in [1.807, 2.05) is 31.2 Å². The second kappa shape index (κ2) is 10.1. The maximum atomic E-state index is 11.8. The number of nitrogens with zero attached hydrogens (tertiary/aromatic N) is 3. The lowest BCUT2D eigenvalue weighted by Crippen LogP contribution is -2.28. The topological polar surface area (TPSA) is 118 Å². The Balaban J connectivity index is 0.000000480. The fourth-order valence-electron chi connectivity index (χ4n) is 1.85. The van der Waals surface area contributed by atoms with E-state index < -0.39 is 12.1 Å². The molecule has 0 radical (unpaired) electrons. The number of carbonyl (C=O) groups excluding carboxylic acids is 1. The number of alkyl halides is 3. The summed E-state index contributed by atoms with van der Waals surface area (Å²) in [5.74, 6) is -0.845. The summed E-state index contributed by atoms with van der Waals surface area (Å²) >= 11 is 0. The van der Waals surface area contributed by atoms with E-state index in [2.05, 4.69) is 20.7 Å². The molecule has 0 bridgehead atoms. The Kier molecular flexibility index (Phi) is 8.23. The molecular formula is C16H20F3N5O4. The SMILES string of the molecule is CCc1nc(NC(=O)NCc2ccc(OC)cc2)nn1C.O=C(O)C(F)(F)F. The van der Waals surface area contributed by atoms with Gasteiger partial charge in [0.1, 0.15) is 11.6 Å². The van der Waals surface area contributed by atoms with Crippen LogP contribution in [0.5, 0.6) is 5.75 Å². The largest absolute Gasteiger partial charge is 0.497 e. The van der Waals surface area contributed by atoms with Crippen LogP contribution in [0.25, 0.3) is 0 Å². The number of urea groups is 1. The molecule has 0 spiro atoms. The monoisotopic (exact) mass is 403 g/mol. The summed E-state index contributed by atoms with van der Waals surface area (Å²) in [4.78, 5) is 24.9. The summed E-state index contributed by atoms with van der Waals surface area (Å²) in [6.07, 6.45) is -4.32. The molecule has 0 unspecified atom stereocenters. The lowest BCUT2D eigenvalue weighted by atomic mass is 10.2. The number of nitrogens with one attached hydrogen (secondary N) is 2. The molecule has 0 aliphatic heterocycles. The normalized spacial score (nSPS) is 10.5. The molecule has 1 aromatic carbocycles. The second-order valence-electron chi connectivity index (χ2n) is 5.29. The number of amides is 2. The minimum atomic E-state index is -5.08. The van der Waals surface area contributed by atoms with Crippen LogP contribution >= 0.6 is 0 Å². The first-order chi connectivity index (χ1) is 13.1. The summed E-state index contributed by atoms with van der Waals surface area (Å²) < 4.78 is 38.5. The van der Waals surface area contributed by atoms with Crippen molar-refractivity contribution >= 4 is 17.9 Å². The third kappa shape index (κ3) is 7.51. The fourth-order valence-corrected chi connectivity index (χ4v) is 1.85. The molecule has 1 aromatic heterocycles. The third-order valence-electron chi connectivity index (χ3n) is 3.25. The van der Waals surface area contributed by atoms with E-state index in [4.69, 9.17) is 14.6 Å². The Morgan fingerprint density at radius 3 is 2.25 bits per heavy atom. The molecule has 2 rings (SSSR count). The average Bonchev–Trinajstić information content (AvgIpc) is 2.99. The zero-order chi connectivity index (χ0) is 21.3. The first-order valence-corrected chi connectivity index (χ1v) is 7.94. The van der Waals surface area contributed by atoms with Gasteiger partial charge < -0.3 is 15.2 Å². The zero-order valence-electron chi connectivity index (χ0n) is 15.4. The lowest BCUT2D eigenvalue weighted by molar-refractivity contribution is -0.192. The number of hydrogen-bond acceptors (Lipinski definition) is 5. The van der Waals surface area contributed by atoms with E-state index in [-0.39, 0.29) is 6.03 Å². The molecule has 0 saturated heterocycles. The number of carboxylic acids is 1. The molecule has 2 amide bonds. The number of rotatable bonds is 5. The molecule has 3 N–H and O–H groups in total. The molecule has 0 aliphatic rings. The van der Waals surface area contributed by atoms with Crippen molar-refractivity contribution in [1.82, 2.24) is 20.1 Å². The van der Waals surface area contributed by atoms with Crippen LogP contribution < -0.4 is 15.4 Å². The van der Waals surface area contributed by atoms with Gasteiger partial charge in [0.05, 0.1) is 7.11 Å². The van der Waals surface area contributed by atoms with Gasteiger partial charge in [0.25, 0.3) is 0 Å². The molecule has 28 heavy (non-hydrogen) atoms. The number of carboxylic acid groups (broad SMARTS) is 1. The highest BCUT2D eigenvalue weighted by Gasteiger charge is 2.38. The van der Waals surface area contributed by atoms with Crippen molar-refractivity contribution in [2.24, 2.45) is 7.05 Å². The minimum absolute atomic E-state index is 0.307. The van der Waals surface area contributed by atoms with E-state index in [1.54, 1.807) is 18.8 Å². The number of halogens is 3. The van der Waals surface area contributed by atoms with Crippen molar-refractivity contribution in [1.29, 1.82) is 0 Å². The molecule has 1 heterocycles. The minimum Gasteiger partial charge on any atom is -0.497 e. The van der Waals surface area contributed by atoms with E-state index in [9.17, 15) is 18.0 Å². The molecule has 154 valence electrons. The number of benzene rings is 1. The van der Waals surface area contributed by atoms with E-state index in [0.29, 0.717) is 12.5 Å². The summed E-state index contributed by atoms with van der Waals surface area (Å²) in [7, 11) is 3.41. The van der Waals surface area contributed by atoms with Crippen molar-refractivity contribution in [3.05, 3.63) is 35.7 Å². The van der Waals surface area contributed by atoms with Gasteiger partial charge in [-0.05, 0) is 17.7 Å². The van der Waals surface area contributed by atoms with Crippen LogP contribution in [0.2, 0.25) is 0 Å². The summed E-state index contributed by atoms with van der Waals surface area (Å²) in [5.41, 5.74) is 0.981. The Hall–Kier alpha value is -3.31. The number of methoxy groups -OCH3 is 1. The van der Waals surface area contributed by atoms with Crippen LogP contribution in [0.1, 0.15) is 18.3 Å². The van der Waals surface area contributed by atoms with E-state index >= 15 is 0 Å². The van der Waals surface area contributed by atoms with E-state index in [0.717, 1.165) is 23.6 Å². The number of ether oxygens (including phenoxy) is 1. The van der Waals surface area contributed by atoms with Crippen LogP contribution in [0, 0.1) is 0 Å². The predicted octanol–water partition coefficient (Wildman–Crippen LogP) is 2.34. The van der Waals surface area contributed by atoms with Crippen LogP contribution in [-0.2, 0) is 24.8 Å². The van der Waals surface area contributed by atoms with Gasteiger partial charge in [-0.15, -0.1) is 5.10 Å². The van der Waals surface area contributed by atoms with Gasteiger partial charge in [-0.1, -0.05) is 19.1 Å². The van der Waals surface area contributed by atoms with Crippen molar-refractivity contribution < 1.29 is 32.6 Å². The lowest BCUT2D eigenvalue weighted by Gasteiger charge is -2.06. The number of hydrogen-bond donors (Lipinski definition) is 3. The highest BCUT2D eigenvalue weighted by atomic mass is 19.4. The highest BCUT2D eigenvalue weighted by molar-refractivity contribution is 5.87. The number of aromatic nitrogens is 3. The van der Waals surface area contributed by atoms with Crippen LogP contribution in [0.15, 0.2) is 24.3 Å². The second-order valence-corrected chi connectivity index (χ2v) is 5.29. The molecule has 0 aliphatic carbocycles. The number of anilines is 1. The van der Waals surface area contributed by atoms with Crippen molar-refractivity contribution in [3.8, 4) is 5.75 Å². The first-order valence-electron chi connectivity index (χ1n) is 7.94. The number of aryl methyl sites for hydroxylation is 2. The quantitative estimate of drug-likeness (QED) is 0.705.